The summed E-state index contributed by atoms with van der Waals surface area (Å²) in [5.41, 5.74) is 6.81. The molecule has 1 unspecified atom stereocenters. The number of nitrogens with two attached hydrogens (primary N) is 1. The molecule has 1 aliphatic rings. The Morgan fingerprint density at radius 2 is 2.00 bits per heavy atom. The van der Waals surface area contributed by atoms with Crippen LogP contribution in [0.1, 0.15) is 32.6 Å². The molecule has 1 aromatic carbocycles. The van der Waals surface area contributed by atoms with Crippen LogP contribution in [-0.2, 0) is 0 Å². The molecule has 1 saturated heterocycles. The van der Waals surface area contributed by atoms with E-state index < -0.39 is 0 Å². The molecule has 6 nitrogen and oxygen atoms in total. The molecule has 24 heavy (non-hydrogen) atoms. The topological polar surface area (TPSA) is 73.5 Å². The third-order valence-electron chi connectivity index (χ3n) is 4.47. The minimum absolute atomic E-state index is 0.366. The second kappa shape index (κ2) is 7.38. The standard InChI is InChI=1S/C18H24N4O2/c1-3-13-8-6-7-11-22(13)17-16(19)18(21-12-20-17)24-15-10-5-4-9-14(15)23-2/h4-5,9-10,12-13H,3,6-8,11,19H2,1-2H3. The van der Waals surface area contributed by atoms with Crippen LogP contribution in [0.25, 0.3) is 0 Å². The number of hydrogen-bond acceptors (Lipinski definition) is 6. The molecule has 0 saturated carbocycles. The van der Waals surface area contributed by atoms with Crippen molar-refractivity contribution in [3.63, 3.8) is 0 Å². The van der Waals surface area contributed by atoms with Crippen molar-refractivity contribution >= 4 is 11.5 Å². The Morgan fingerprint density at radius 1 is 1.21 bits per heavy atom. The normalized spacial score (nSPS) is 17.6. The summed E-state index contributed by atoms with van der Waals surface area (Å²) in [5.74, 6) is 2.36. The quantitative estimate of drug-likeness (QED) is 0.903. The maximum atomic E-state index is 6.34. The van der Waals surface area contributed by atoms with Crippen LogP contribution >= 0.6 is 0 Å². The number of nitrogens with zero attached hydrogens (tertiary/aromatic N) is 3. The Kier molecular flexibility index (Phi) is 5.03. The van der Waals surface area contributed by atoms with Gasteiger partial charge in [0.25, 0.3) is 0 Å². The van der Waals surface area contributed by atoms with E-state index in [1.54, 1.807) is 7.11 Å². The third-order valence-corrected chi connectivity index (χ3v) is 4.47. The maximum Gasteiger partial charge on any atom is 0.248 e. The van der Waals surface area contributed by atoms with Gasteiger partial charge in [-0.05, 0) is 37.8 Å². The van der Waals surface area contributed by atoms with Crippen molar-refractivity contribution < 1.29 is 9.47 Å². The van der Waals surface area contributed by atoms with E-state index in [0.717, 1.165) is 25.2 Å². The molecule has 1 fully saturated rings. The molecule has 0 spiro atoms. The Labute approximate surface area is 142 Å². The summed E-state index contributed by atoms with van der Waals surface area (Å²) in [6.45, 7) is 3.17. The molecule has 6 heteroatoms. The number of rotatable bonds is 5. The van der Waals surface area contributed by atoms with E-state index in [-0.39, 0.29) is 0 Å². The highest BCUT2D eigenvalue weighted by atomic mass is 16.5. The number of piperidine rings is 1. The van der Waals surface area contributed by atoms with Gasteiger partial charge in [0.1, 0.15) is 12.0 Å². The first-order valence-electron chi connectivity index (χ1n) is 8.42. The highest BCUT2D eigenvalue weighted by Gasteiger charge is 2.25. The van der Waals surface area contributed by atoms with Gasteiger partial charge >= 0.3 is 0 Å². The second-order valence-corrected chi connectivity index (χ2v) is 5.92. The Morgan fingerprint density at radius 3 is 2.75 bits per heavy atom. The lowest BCUT2D eigenvalue weighted by Gasteiger charge is -2.36. The highest BCUT2D eigenvalue weighted by molar-refractivity contribution is 5.69. The van der Waals surface area contributed by atoms with Gasteiger partial charge in [-0.25, -0.2) is 4.98 Å². The number of benzene rings is 1. The van der Waals surface area contributed by atoms with Gasteiger partial charge in [0, 0.05) is 12.6 Å². The fourth-order valence-electron chi connectivity index (χ4n) is 3.19. The van der Waals surface area contributed by atoms with Gasteiger partial charge in [-0.1, -0.05) is 19.1 Å². The van der Waals surface area contributed by atoms with Crippen molar-refractivity contribution in [2.75, 3.05) is 24.3 Å². The highest BCUT2D eigenvalue weighted by Crippen LogP contribution is 2.37. The van der Waals surface area contributed by atoms with Gasteiger partial charge in [-0.2, -0.15) is 4.98 Å². The minimum Gasteiger partial charge on any atom is -0.493 e. The molecule has 0 bridgehead atoms. The SMILES string of the molecule is CCC1CCCCN1c1ncnc(Oc2ccccc2OC)c1N. The predicted octanol–water partition coefficient (Wildman–Crippen LogP) is 3.63. The molecule has 0 amide bonds. The van der Waals surface area contributed by atoms with Crippen LogP contribution < -0.4 is 20.1 Å². The molecule has 2 aromatic rings. The van der Waals surface area contributed by atoms with Gasteiger partial charge in [0.2, 0.25) is 5.88 Å². The summed E-state index contributed by atoms with van der Waals surface area (Å²) >= 11 is 0. The summed E-state index contributed by atoms with van der Waals surface area (Å²) in [5, 5.41) is 0. The summed E-state index contributed by atoms with van der Waals surface area (Å²) in [4.78, 5) is 10.9. The zero-order valence-corrected chi connectivity index (χ0v) is 14.2. The molecular formula is C18H24N4O2. The third kappa shape index (κ3) is 3.22. The molecule has 0 aliphatic carbocycles. The van der Waals surface area contributed by atoms with Gasteiger partial charge in [0.15, 0.2) is 17.3 Å². The zero-order chi connectivity index (χ0) is 16.9. The van der Waals surface area contributed by atoms with Gasteiger partial charge < -0.3 is 20.1 Å². The van der Waals surface area contributed by atoms with E-state index >= 15 is 0 Å². The lowest BCUT2D eigenvalue weighted by atomic mass is 10.00. The number of anilines is 2. The number of hydrogen-bond donors (Lipinski definition) is 1. The zero-order valence-electron chi connectivity index (χ0n) is 14.2. The van der Waals surface area contributed by atoms with E-state index in [4.69, 9.17) is 15.2 Å². The smallest absolute Gasteiger partial charge is 0.248 e. The molecule has 2 N–H and O–H groups in total. The summed E-state index contributed by atoms with van der Waals surface area (Å²) in [6.07, 6.45) is 6.17. The minimum atomic E-state index is 0.366. The molecule has 3 rings (SSSR count). The number of ether oxygens (including phenoxy) is 2. The van der Waals surface area contributed by atoms with Gasteiger partial charge in [-0.3, -0.25) is 0 Å². The summed E-state index contributed by atoms with van der Waals surface area (Å²) in [7, 11) is 1.61. The molecule has 0 radical (unpaired) electrons. The van der Waals surface area contributed by atoms with E-state index in [1.165, 1.54) is 19.2 Å². The molecule has 1 atom stereocenters. The first-order valence-corrected chi connectivity index (χ1v) is 8.42. The lowest BCUT2D eigenvalue weighted by molar-refractivity contribution is 0.374. The Bertz CT molecular complexity index is 692. The summed E-state index contributed by atoms with van der Waals surface area (Å²) in [6, 6.07) is 7.91. The molecule has 2 heterocycles. The van der Waals surface area contributed by atoms with Crippen molar-refractivity contribution in [2.45, 2.75) is 38.6 Å². The maximum absolute atomic E-state index is 6.34. The van der Waals surface area contributed by atoms with E-state index in [1.807, 2.05) is 24.3 Å². The number of methoxy groups -OCH3 is 1. The van der Waals surface area contributed by atoms with E-state index in [9.17, 15) is 0 Å². The fourth-order valence-corrected chi connectivity index (χ4v) is 3.19. The van der Waals surface area contributed by atoms with Crippen molar-refractivity contribution in [2.24, 2.45) is 0 Å². The lowest BCUT2D eigenvalue weighted by Crippen LogP contribution is -2.40. The van der Waals surface area contributed by atoms with Crippen molar-refractivity contribution in [3.05, 3.63) is 30.6 Å². The van der Waals surface area contributed by atoms with Crippen LogP contribution in [0.5, 0.6) is 17.4 Å². The van der Waals surface area contributed by atoms with Crippen LogP contribution in [0.2, 0.25) is 0 Å². The number of aromatic nitrogens is 2. The molecule has 1 aromatic heterocycles. The average molecular weight is 328 g/mol. The molecular weight excluding hydrogens is 304 g/mol. The predicted molar refractivity (Wildman–Crippen MR) is 94.8 cm³/mol. The van der Waals surface area contributed by atoms with E-state index in [0.29, 0.717) is 29.1 Å². The first kappa shape index (κ1) is 16.4. The van der Waals surface area contributed by atoms with Gasteiger partial charge in [0.05, 0.1) is 7.11 Å². The van der Waals surface area contributed by atoms with Crippen molar-refractivity contribution in [1.29, 1.82) is 0 Å². The fraction of sp³-hybridized carbons (Fsp3) is 0.444. The van der Waals surface area contributed by atoms with Crippen LogP contribution in [0.3, 0.4) is 0 Å². The second-order valence-electron chi connectivity index (χ2n) is 5.92. The first-order chi connectivity index (χ1) is 11.7. The molecule has 1 aliphatic heterocycles. The van der Waals surface area contributed by atoms with Crippen LogP contribution in [0.15, 0.2) is 30.6 Å². The van der Waals surface area contributed by atoms with Gasteiger partial charge in [-0.15, -0.1) is 0 Å². The Hall–Kier alpha value is -2.50. The monoisotopic (exact) mass is 328 g/mol. The largest absolute Gasteiger partial charge is 0.493 e. The van der Waals surface area contributed by atoms with Crippen molar-refractivity contribution in [3.8, 4) is 17.4 Å². The molecule has 128 valence electrons. The number of nitrogen functional groups attached to an aromatic ring is 1. The van der Waals surface area contributed by atoms with Crippen molar-refractivity contribution in [1.82, 2.24) is 9.97 Å². The van der Waals surface area contributed by atoms with E-state index in [2.05, 4.69) is 21.8 Å². The van der Waals surface area contributed by atoms with Crippen LogP contribution in [0, 0.1) is 0 Å². The van der Waals surface area contributed by atoms with Crippen LogP contribution in [0.4, 0.5) is 11.5 Å². The Balaban J connectivity index is 1.90. The summed E-state index contributed by atoms with van der Waals surface area (Å²) < 4.78 is 11.2. The van der Waals surface area contributed by atoms with Crippen LogP contribution in [-0.4, -0.2) is 29.7 Å². The average Bonchev–Trinajstić information content (AvgIpc) is 2.64. The number of para-hydroxylation sites is 2.